The Bertz CT molecular complexity index is 937. The van der Waals surface area contributed by atoms with Crippen molar-refractivity contribution in [3.05, 3.63) is 82.2 Å². The van der Waals surface area contributed by atoms with E-state index in [0.29, 0.717) is 6.42 Å². The molecule has 0 aliphatic carbocycles. The van der Waals surface area contributed by atoms with Crippen molar-refractivity contribution in [3.8, 4) is 0 Å². The van der Waals surface area contributed by atoms with E-state index >= 15 is 0 Å². The first-order chi connectivity index (χ1) is 16.9. The van der Waals surface area contributed by atoms with Crippen LogP contribution in [0.4, 0.5) is 0 Å². The van der Waals surface area contributed by atoms with Gasteiger partial charge < -0.3 is 14.1 Å². The van der Waals surface area contributed by atoms with Crippen LogP contribution in [-0.2, 0) is 35.8 Å². The van der Waals surface area contributed by atoms with Gasteiger partial charge in [-0.3, -0.25) is 0 Å². The molecular formula is C31H48BrNO2. The number of allylic oxidation sites excluding steroid dienone is 1. The van der Waals surface area contributed by atoms with Crippen molar-refractivity contribution in [1.82, 2.24) is 4.57 Å². The van der Waals surface area contributed by atoms with Gasteiger partial charge in [0, 0.05) is 41.5 Å². The van der Waals surface area contributed by atoms with Gasteiger partial charge in [-0.05, 0) is 47.7 Å². The second-order valence-electron chi connectivity index (χ2n) is 7.31. The van der Waals surface area contributed by atoms with Gasteiger partial charge in [-0.1, -0.05) is 102 Å². The summed E-state index contributed by atoms with van der Waals surface area (Å²) in [5, 5.41) is 1.38. The number of methoxy groups -OCH3 is 1. The summed E-state index contributed by atoms with van der Waals surface area (Å²) in [6.45, 7) is 17.9. The number of hydrogen-bond acceptors (Lipinski definition) is 2. The quantitative estimate of drug-likeness (QED) is 0.218. The summed E-state index contributed by atoms with van der Waals surface area (Å²) in [5.41, 5.74) is 5.18. The number of hydrogen-bond donors (Lipinski definition) is 0. The lowest BCUT2D eigenvalue weighted by atomic mass is 10.1. The van der Waals surface area contributed by atoms with Gasteiger partial charge in [0.2, 0.25) is 0 Å². The molecule has 4 heteroatoms. The monoisotopic (exact) mass is 545 g/mol. The summed E-state index contributed by atoms with van der Waals surface area (Å²) in [4.78, 5) is 10.1. The van der Waals surface area contributed by atoms with Crippen LogP contribution in [-0.4, -0.2) is 18.0 Å². The van der Waals surface area contributed by atoms with Gasteiger partial charge in [-0.25, -0.2) is 0 Å². The van der Waals surface area contributed by atoms with Crippen molar-refractivity contribution < 1.29 is 9.53 Å². The molecule has 3 rings (SSSR count). The Morgan fingerprint density at radius 1 is 1.00 bits per heavy atom. The fourth-order valence-electron chi connectivity index (χ4n) is 3.07. The summed E-state index contributed by atoms with van der Waals surface area (Å²) in [6.07, 6.45) is 8.03. The van der Waals surface area contributed by atoms with Crippen molar-refractivity contribution in [2.75, 3.05) is 7.11 Å². The third kappa shape index (κ3) is 14.0. The second kappa shape index (κ2) is 22.2. The third-order valence-electron chi connectivity index (χ3n) is 4.99. The Hall–Kier alpha value is -2.33. The molecule has 2 aromatic carbocycles. The maximum absolute atomic E-state index is 10.1. The average Bonchev–Trinajstić information content (AvgIpc) is 3.21. The number of fused-ring (bicyclic) bond motifs is 1. The highest BCUT2D eigenvalue weighted by molar-refractivity contribution is 9.10. The van der Waals surface area contributed by atoms with Crippen LogP contribution in [0.2, 0.25) is 0 Å². The van der Waals surface area contributed by atoms with Crippen LogP contribution < -0.4 is 0 Å². The number of carbonyl (C=O) groups is 1. The number of carbonyl (C=O) groups excluding carboxylic acids is 1. The standard InChI is InChI=1S/C12H14BrN.C10H12O.C5H10O.2C2H6/c1-3-4-9-8-14(2)12-6-5-10(13)7-11(9)12;1-2-9-3-5-10(6-4-9)7-8-11;1-4-5(2)6-3;2*1-2/h5-8H,3-4H2,1-2H3;3-6,8H,2,7H2,1H3;2,4H2,1,3H3;2*1-2H3. The van der Waals surface area contributed by atoms with E-state index in [1.54, 1.807) is 7.11 Å². The van der Waals surface area contributed by atoms with E-state index in [-0.39, 0.29) is 0 Å². The summed E-state index contributed by atoms with van der Waals surface area (Å²) in [5.74, 6) is 0.843. The predicted molar refractivity (Wildman–Crippen MR) is 159 cm³/mol. The van der Waals surface area contributed by atoms with E-state index < -0.39 is 0 Å². The van der Waals surface area contributed by atoms with Gasteiger partial charge in [0.05, 0.1) is 12.9 Å². The Labute approximate surface area is 223 Å². The van der Waals surface area contributed by atoms with E-state index in [4.69, 9.17) is 4.74 Å². The molecule has 1 aromatic heterocycles. The van der Waals surface area contributed by atoms with Gasteiger partial charge in [0.25, 0.3) is 0 Å². The molecule has 0 N–H and O–H groups in total. The number of nitrogens with zero attached hydrogens (tertiary/aromatic N) is 1. The molecule has 0 unspecified atom stereocenters. The average molecular weight is 547 g/mol. The number of aldehydes is 1. The molecule has 3 aromatic rings. The fourth-order valence-corrected chi connectivity index (χ4v) is 3.43. The normalized spacial score (nSPS) is 9.09. The van der Waals surface area contributed by atoms with Crippen molar-refractivity contribution in [1.29, 1.82) is 0 Å². The Morgan fingerprint density at radius 2 is 1.57 bits per heavy atom. The lowest BCUT2D eigenvalue weighted by molar-refractivity contribution is -0.107. The molecule has 1 heterocycles. The Balaban J connectivity index is 0. The van der Waals surface area contributed by atoms with Crippen LogP contribution in [0.1, 0.15) is 78.0 Å². The summed E-state index contributed by atoms with van der Waals surface area (Å²) >= 11 is 3.52. The minimum absolute atomic E-state index is 0.532. The first-order valence-corrected chi connectivity index (χ1v) is 13.7. The van der Waals surface area contributed by atoms with Gasteiger partial charge in [0.1, 0.15) is 6.29 Å². The van der Waals surface area contributed by atoms with Crippen LogP contribution in [0.3, 0.4) is 0 Å². The summed E-state index contributed by atoms with van der Waals surface area (Å²) in [7, 11) is 3.74. The molecule has 0 radical (unpaired) electrons. The highest BCUT2D eigenvalue weighted by atomic mass is 79.9. The third-order valence-corrected chi connectivity index (χ3v) is 5.48. The zero-order chi connectivity index (χ0) is 27.2. The molecule has 0 amide bonds. The second-order valence-corrected chi connectivity index (χ2v) is 8.23. The zero-order valence-corrected chi connectivity index (χ0v) is 25.2. The van der Waals surface area contributed by atoms with Crippen molar-refractivity contribution in [2.24, 2.45) is 7.05 Å². The number of halogens is 1. The maximum Gasteiger partial charge on any atom is 0.124 e. The molecule has 0 bridgehead atoms. The van der Waals surface area contributed by atoms with E-state index in [1.807, 2.05) is 46.8 Å². The van der Waals surface area contributed by atoms with Crippen molar-refractivity contribution in [2.45, 2.75) is 80.6 Å². The lowest BCUT2D eigenvalue weighted by Crippen LogP contribution is -1.86. The molecule has 0 aliphatic rings. The van der Waals surface area contributed by atoms with Crippen molar-refractivity contribution in [3.63, 3.8) is 0 Å². The predicted octanol–water partition coefficient (Wildman–Crippen LogP) is 9.49. The molecular weight excluding hydrogens is 498 g/mol. The molecule has 3 nitrogen and oxygen atoms in total. The van der Waals surface area contributed by atoms with Crippen LogP contribution in [0.15, 0.2) is 65.5 Å². The number of ether oxygens (including phenoxy) is 1. The smallest absolute Gasteiger partial charge is 0.124 e. The largest absolute Gasteiger partial charge is 0.502 e. The minimum Gasteiger partial charge on any atom is -0.502 e. The number of benzene rings is 2. The first kappa shape index (κ1) is 34.8. The van der Waals surface area contributed by atoms with Crippen LogP contribution in [0, 0.1) is 0 Å². The van der Waals surface area contributed by atoms with Crippen molar-refractivity contribution >= 4 is 33.1 Å². The van der Waals surface area contributed by atoms with Crippen LogP contribution >= 0.6 is 15.9 Å². The summed E-state index contributed by atoms with van der Waals surface area (Å²) < 4.78 is 8.07. The molecule has 0 spiro atoms. The van der Waals surface area contributed by atoms with Gasteiger partial charge in [0.15, 0.2) is 0 Å². The fraction of sp³-hybridized carbons (Fsp3) is 0.452. The van der Waals surface area contributed by atoms with E-state index in [9.17, 15) is 4.79 Å². The Morgan fingerprint density at radius 3 is 2.00 bits per heavy atom. The topological polar surface area (TPSA) is 31.2 Å². The van der Waals surface area contributed by atoms with E-state index in [2.05, 4.69) is 84.5 Å². The molecule has 0 atom stereocenters. The van der Waals surface area contributed by atoms with E-state index in [1.165, 1.54) is 28.5 Å². The Kier molecular flexibility index (Phi) is 22.0. The molecule has 0 fully saturated rings. The lowest BCUT2D eigenvalue weighted by Gasteiger charge is -1.97. The number of rotatable bonds is 7. The molecule has 196 valence electrons. The zero-order valence-electron chi connectivity index (χ0n) is 23.6. The molecule has 0 saturated heterocycles. The highest BCUT2D eigenvalue weighted by Gasteiger charge is 2.05. The number of aromatic nitrogens is 1. The highest BCUT2D eigenvalue weighted by Crippen LogP contribution is 2.25. The molecule has 35 heavy (non-hydrogen) atoms. The minimum atomic E-state index is 0.532. The SMILES string of the molecule is C=C(CC)OC.CC.CC.CCCc1cn(C)c2ccc(Br)cc12.CCc1ccc(CC=O)cc1. The van der Waals surface area contributed by atoms with Gasteiger partial charge in [-0.15, -0.1) is 0 Å². The maximum atomic E-state index is 10.1. The molecule has 0 aliphatic heterocycles. The first-order valence-electron chi connectivity index (χ1n) is 12.9. The number of aryl methyl sites for hydroxylation is 3. The molecule has 0 saturated carbocycles. The van der Waals surface area contributed by atoms with Crippen LogP contribution in [0.25, 0.3) is 10.9 Å². The van der Waals surface area contributed by atoms with Gasteiger partial charge in [-0.2, -0.15) is 0 Å². The van der Waals surface area contributed by atoms with E-state index in [0.717, 1.165) is 41.3 Å². The van der Waals surface area contributed by atoms with Crippen LogP contribution in [0.5, 0.6) is 0 Å². The van der Waals surface area contributed by atoms with Gasteiger partial charge >= 0.3 is 0 Å². The summed E-state index contributed by atoms with van der Waals surface area (Å²) in [6, 6.07) is 14.6.